The lowest BCUT2D eigenvalue weighted by atomic mass is 10.3. The van der Waals surface area contributed by atoms with E-state index >= 15 is 0 Å². The van der Waals surface area contributed by atoms with Crippen LogP contribution in [0, 0.1) is 0 Å². The van der Waals surface area contributed by atoms with Crippen molar-refractivity contribution in [3.8, 4) is 0 Å². The van der Waals surface area contributed by atoms with Gasteiger partial charge in [0.05, 0.1) is 6.42 Å². The van der Waals surface area contributed by atoms with E-state index < -0.39 is 5.97 Å². The summed E-state index contributed by atoms with van der Waals surface area (Å²) in [5.41, 5.74) is 0. The molecule has 0 saturated heterocycles. The normalized spacial score (nSPS) is 13.1. The average molecular weight is 162 g/mol. The second-order valence-corrected chi connectivity index (χ2v) is 5.05. The predicted molar refractivity (Wildman–Crippen MR) is 47.1 cm³/mol. The van der Waals surface area contributed by atoms with Crippen LogP contribution in [0.4, 0.5) is 0 Å². The molecular weight excluding hydrogens is 148 g/mol. The first kappa shape index (κ1) is 9.69. The number of carboxylic acid groups (broad SMARTS) is 1. The lowest BCUT2D eigenvalue weighted by Gasteiger charge is -2.10. The number of rotatable bonds is 2. The van der Waals surface area contributed by atoms with Crippen molar-refractivity contribution < 1.29 is 9.90 Å². The van der Waals surface area contributed by atoms with Gasteiger partial charge < -0.3 is 5.11 Å². The minimum Gasteiger partial charge on any atom is -0.481 e. The van der Waals surface area contributed by atoms with Gasteiger partial charge in [-0.05, 0) is 4.75 Å². The Morgan fingerprint density at radius 2 is 2.10 bits per heavy atom. The van der Waals surface area contributed by atoms with Gasteiger partial charge in [0.25, 0.3) is 0 Å². The van der Waals surface area contributed by atoms with Crippen LogP contribution in [0.25, 0.3) is 0 Å². The van der Waals surface area contributed by atoms with E-state index in [4.69, 9.17) is 5.11 Å². The molecule has 0 spiro atoms. The van der Waals surface area contributed by atoms with Crippen molar-refractivity contribution in [2.45, 2.75) is 31.9 Å². The van der Waals surface area contributed by atoms with Crippen molar-refractivity contribution in [2.24, 2.45) is 0 Å². The van der Waals surface area contributed by atoms with Crippen LogP contribution in [-0.2, 0) is 4.79 Å². The van der Waals surface area contributed by atoms with E-state index in [0.29, 0.717) is 0 Å². The molecule has 0 bridgehead atoms. The van der Waals surface area contributed by atoms with Gasteiger partial charge in [0.15, 0.2) is 0 Å². The van der Waals surface area contributed by atoms with E-state index in [1.807, 2.05) is 0 Å². The summed E-state index contributed by atoms with van der Waals surface area (Å²) >= 11 is 1.09. The molecule has 0 aromatic carbocycles. The molecule has 0 aliphatic carbocycles. The molecule has 0 radical (unpaired) electrons. The summed E-state index contributed by atoms with van der Waals surface area (Å²) in [7, 11) is 0. The number of hydrogen-bond acceptors (Lipinski definition) is 1. The molecule has 0 heterocycles. The third-order valence-corrected chi connectivity index (χ3v) is 1.88. The van der Waals surface area contributed by atoms with Crippen LogP contribution < -0.4 is 0 Å². The Morgan fingerprint density at radius 1 is 1.60 bits per heavy atom. The first-order valence-corrected chi connectivity index (χ1v) is 4.13. The zero-order chi connectivity index (χ0) is 8.20. The van der Waals surface area contributed by atoms with Gasteiger partial charge >= 0.3 is 5.97 Å². The highest BCUT2D eigenvalue weighted by atomic mass is 32.1. The first-order chi connectivity index (χ1) is 4.42. The van der Waals surface area contributed by atoms with Crippen molar-refractivity contribution in [3.63, 3.8) is 0 Å². The Labute approximate surface area is 65.2 Å². The molecule has 60 valence electrons. The third kappa shape index (κ3) is 7.69. The third-order valence-electron chi connectivity index (χ3n) is 0.744. The topological polar surface area (TPSA) is 37.3 Å². The monoisotopic (exact) mass is 162 g/mol. The number of hydrogen-bond donors (Lipinski definition) is 2. The van der Waals surface area contributed by atoms with Gasteiger partial charge in [-0.1, -0.05) is 26.1 Å². The summed E-state index contributed by atoms with van der Waals surface area (Å²) in [6.45, 7) is 6.23. The minimum absolute atomic E-state index is 0.166. The molecular formula is C7H14O2S. The van der Waals surface area contributed by atoms with E-state index in [1.54, 1.807) is 5.37 Å². The highest BCUT2D eigenvalue weighted by Crippen LogP contribution is 2.14. The first-order valence-electron chi connectivity index (χ1n) is 3.17. The van der Waals surface area contributed by atoms with Crippen molar-refractivity contribution in [1.82, 2.24) is 0 Å². The smallest absolute Gasteiger partial charge is 0.307 e. The maximum atomic E-state index is 10.0. The van der Waals surface area contributed by atoms with Gasteiger partial charge in [-0.15, -0.1) is 0 Å². The van der Waals surface area contributed by atoms with E-state index in [0.717, 1.165) is 11.4 Å². The number of carboxylic acids is 1. The zero-order valence-corrected chi connectivity index (χ0v) is 7.48. The summed E-state index contributed by atoms with van der Waals surface area (Å²) in [5, 5.41) is 10.1. The highest BCUT2D eigenvalue weighted by molar-refractivity contribution is 7.98. The molecule has 0 saturated carbocycles. The summed E-state index contributed by atoms with van der Waals surface area (Å²) < 4.78 is 0.190. The lowest BCUT2D eigenvalue weighted by Crippen LogP contribution is -2.04. The van der Waals surface area contributed by atoms with Gasteiger partial charge in [-0.25, -0.2) is 0 Å². The molecule has 0 atom stereocenters. The van der Waals surface area contributed by atoms with Crippen molar-refractivity contribution in [3.05, 3.63) is 0 Å². The van der Waals surface area contributed by atoms with Gasteiger partial charge in [-0.3, -0.25) is 4.79 Å². The molecule has 0 aliphatic rings. The molecule has 1 N–H and O–H groups in total. The van der Waals surface area contributed by atoms with Crippen LogP contribution in [0.5, 0.6) is 0 Å². The molecule has 0 fully saturated rings. The van der Waals surface area contributed by atoms with Crippen LogP contribution in [0.2, 0.25) is 0 Å². The van der Waals surface area contributed by atoms with Gasteiger partial charge in [0.1, 0.15) is 0 Å². The summed E-state index contributed by atoms with van der Waals surface area (Å²) in [4.78, 5) is 10.0. The fourth-order valence-corrected chi connectivity index (χ4v) is 1.19. The van der Waals surface area contributed by atoms with Crippen molar-refractivity contribution >= 4 is 22.7 Å². The molecule has 0 aromatic heterocycles. The largest absolute Gasteiger partial charge is 0.481 e. The second-order valence-electron chi connectivity index (χ2n) is 3.08. The highest BCUT2D eigenvalue weighted by Gasteiger charge is 2.02. The molecule has 0 aromatic rings. The second kappa shape index (κ2) is 3.76. The quantitative estimate of drug-likeness (QED) is 0.477. The standard InChI is InChI=1S/C7H14O2S/c1-7(2,3)10-5-4-6(8)9/h5,10H,4H2,1-3H3,(H,8,9). The Hall–Kier alpha value is -0.310. The van der Waals surface area contributed by atoms with Crippen molar-refractivity contribution in [2.75, 3.05) is 0 Å². The Kier molecular flexibility index (Phi) is 3.64. The maximum Gasteiger partial charge on any atom is 0.307 e. The number of carbonyl (C=O) groups is 1. The van der Waals surface area contributed by atoms with E-state index in [1.165, 1.54) is 0 Å². The molecule has 0 unspecified atom stereocenters. The van der Waals surface area contributed by atoms with Crippen molar-refractivity contribution in [1.29, 1.82) is 0 Å². The van der Waals surface area contributed by atoms with Gasteiger partial charge in [-0.2, -0.15) is 11.4 Å². The van der Waals surface area contributed by atoms with Crippen LogP contribution >= 0.6 is 11.4 Å². The summed E-state index contributed by atoms with van der Waals surface area (Å²) in [6.07, 6.45) is 0.166. The van der Waals surface area contributed by atoms with Gasteiger partial charge in [0.2, 0.25) is 0 Å². The minimum atomic E-state index is -0.753. The molecule has 0 aliphatic heterocycles. The van der Waals surface area contributed by atoms with Crippen LogP contribution in [0.1, 0.15) is 27.2 Å². The Balaban J connectivity index is 3.67. The fraction of sp³-hybridized carbons (Fsp3) is 0.714. The molecule has 0 rings (SSSR count). The summed E-state index contributed by atoms with van der Waals surface area (Å²) in [6, 6.07) is 0. The lowest BCUT2D eigenvalue weighted by molar-refractivity contribution is -0.135. The maximum absolute atomic E-state index is 10.0. The van der Waals surface area contributed by atoms with E-state index in [2.05, 4.69) is 20.8 Å². The predicted octanol–water partition coefficient (Wildman–Crippen LogP) is 1.53. The zero-order valence-electron chi connectivity index (χ0n) is 6.59. The van der Waals surface area contributed by atoms with E-state index in [9.17, 15) is 4.79 Å². The molecule has 10 heavy (non-hydrogen) atoms. The molecule has 3 heteroatoms. The van der Waals surface area contributed by atoms with E-state index in [-0.39, 0.29) is 11.2 Å². The van der Waals surface area contributed by atoms with Crippen LogP contribution in [-0.4, -0.2) is 21.2 Å². The fourth-order valence-electron chi connectivity index (χ4n) is 0.398. The molecule has 2 nitrogen and oxygen atoms in total. The van der Waals surface area contributed by atoms with Crippen LogP contribution in [0.3, 0.4) is 0 Å². The van der Waals surface area contributed by atoms with Crippen LogP contribution in [0.15, 0.2) is 0 Å². The Bertz CT molecular complexity index is 144. The number of aliphatic carboxylic acids is 1. The average Bonchev–Trinajstić information content (AvgIpc) is 1.59. The number of thiol groups is 1. The molecule has 0 amide bonds. The van der Waals surface area contributed by atoms with Gasteiger partial charge in [0, 0.05) is 0 Å². The Morgan fingerprint density at radius 3 is 2.40 bits per heavy atom. The summed E-state index contributed by atoms with van der Waals surface area (Å²) in [5.74, 6) is -0.753. The SMILES string of the molecule is CC(C)(C)[SH]=CCC(=O)O.